The molecule has 0 aliphatic carbocycles. The van der Waals surface area contributed by atoms with Crippen molar-refractivity contribution in [3.63, 3.8) is 0 Å². The van der Waals surface area contributed by atoms with Gasteiger partial charge in [-0.1, -0.05) is 6.07 Å². The Morgan fingerprint density at radius 2 is 2.16 bits per heavy atom. The van der Waals surface area contributed by atoms with Crippen LogP contribution in [0.25, 0.3) is 0 Å². The summed E-state index contributed by atoms with van der Waals surface area (Å²) in [6, 6.07) is 5.53. The molecule has 2 aliphatic rings. The number of benzene rings is 1. The summed E-state index contributed by atoms with van der Waals surface area (Å²) in [7, 11) is 1.74. The molecule has 1 aromatic rings. The number of nitrogens with one attached hydrogen (secondary N) is 1. The standard InChI is InChI=1S/C14H18N2O3/c1-16(12-5-15-6-13(12)17)14(18)9-2-3-10-7-19-8-11(10)4-9/h2-4,12-13,15,17H,5-8H2,1H3/t12-,13-/m0/s1. The molecular weight excluding hydrogens is 244 g/mol. The summed E-state index contributed by atoms with van der Waals surface area (Å²) < 4.78 is 5.35. The molecule has 1 saturated heterocycles. The van der Waals surface area contributed by atoms with Crippen LogP contribution in [0.5, 0.6) is 0 Å². The van der Waals surface area contributed by atoms with Crippen LogP contribution in [0.2, 0.25) is 0 Å². The number of aliphatic hydroxyl groups is 1. The third kappa shape index (κ3) is 2.25. The summed E-state index contributed by atoms with van der Waals surface area (Å²) >= 11 is 0. The Kier molecular flexibility index (Phi) is 3.26. The third-order valence-electron chi connectivity index (χ3n) is 3.94. The van der Waals surface area contributed by atoms with Gasteiger partial charge in [-0.2, -0.15) is 0 Å². The first-order chi connectivity index (χ1) is 9.16. The molecule has 1 amide bonds. The second-order valence-corrected chi connectivity index (χ2v) is 5.19. The van der Waals surface area contributed by atoms with Gasteiger partial charge in [-0.15, -0.1) is 0 Å². The quantitative estimate of drug-likeness (QED) is 0.795. The Labute approximate surface area is 112 Å². The fourth-order valence-corrected chi connectivity index (χ4v) is 2.71. The minimum absolute atomic E-state index is 0.0533. The lowest BCUT2D eigenvalue weighted by Crippen LogP contribution is -2.44. The van der Waals surface area contributed by atoms with Gasteiger partial charge in [-0.3, -0.25) is 4.79 Å². The monoisotopic (exact) mass is 262 g/mol. The average Bonchev–Trinajstić information content (AvgIpc) is 3.04. The van der Waals surface area contributed by atoms with Gasteiger partial charge in [0, 0.05) is 25.7 Å². The minimum Gasteiger partial charge on any atom is -0.390 e. The molecule has 2 aliphatic heterocycles. The molecule has 0 spiro atoms. The molecule has 2 atom stereocenters. The van der Waals surface area contributed by atoms with E-state index >= 15 is 0 Å². The lowest BCUT2D eigenvalue weighted by Gasteiger charge is -2.26. The van der Waals surface area contributed by atoms with Crippen LogP contribution in [0.1, 0.15) is 21.5 Å². The highest BCUT2D eigenvalue weighted by molar-refractivity contribution is 5.94. The molecule has 0 radical (unpaired) electrons. The molecule has 5 nitrogen and oxygen atoms in total. The van der Waals surface area contributed by atoms with E-state index in [1.165, 1.54) is 0 Å². The first-order valence-corrected chi connectivity index (χ1v) is 6.52. The van der Waals surface area contributed by atoms with Crippen molar-refractivity contribution in [1.29, 1.82) is 0 Å². The molecule has 0 bridgehead atoms. The van der Waals surface area contributed by atoms with Crippen molar-refractivity contribution < 1.29 is 14.6 Å². The van der Waals surface area contributed by atoms with E-state index in [9.17, 15) is 9.90 Å². The van der Waals surface area contributed by atoms with Crippen LogP contribution in [0.3, 0.4) is 0 Å². The van der Waals surface area contributed by atoms with Crippen LogP contribution in [0.4, 0.5) is 0 Å². The normalized spacial score (nSPS) is 25.4. The maximum atomic E-state index is 12.4. The molecule has 1 fully saturated rings. The van der Waals surface area contributed by atoms with Crippen molar-refractivity contribution in [3.05, 3.63) is 34.9 Å². The Bertz CT molecular complexity index is 503. The van der Waals surface area contributed by atoms with Crippen LogP contribution in [0, 0.1) is 0 Å². The topological polar surface area (TPSA) is 61.8 Å². The summed E-state index contributed by atoms with van der Waals surface area (Å²) in [4.78, 5) is 14.1. The van der Waals surface area contributed by atoms with E-state index in [1.54, 1.807) is 11.9 Å². The van der Waals surface area contributed by atoms with Gasteiger partial charge >= 0.3 is 0 Å². The number of rotatable bonds is 2. The summed E-state index contributed by atoms with van der Waals surface area (Å²) in [5, 5.41) is 12.9. The molecule has 2 N–H and O–H groups in total. The largest absolute Gasteiger partial charge is 0.390 e. The zero-order valence-corrected chi connectivity index (χ0v) is 10.9. The second kappa shape index (κ2) is 4.92. The van der Waals surface area contributed by atoms with Gasteiger partial charge in [0.2, 0.25) is 0 Å². The van der Waals surface area contributed by atoms with Crippen molar-refractivity contribution in [2.75, 3.05) is 20.1 Å². The molecule has 102 valence electrons. The van der Waals surface area contributed by atoms with E-state index in [0.29, 0.717) is 31.9 Å². The van der Waals surface area contributed by atoms with E-state index in [0.717, 1.165) is 11.1 Å². The molecule has 19 heavy (non-hydrogen) atoms. The van der Waals surface area contributed by atoms with Crippen LogP contribution >= 0.6 is 0 Å². The molecule has 3 rings (SSSR count). The van der Waals surface area contributed by atoms with Gasteiger partial charge in [0.15, 0.2) is 0 Å². The number of fused-ring (bicyclic) bond motifs is 1. The summed E-state index contributed by atoms with van der Waals surface area (Å²) in [6.45, 7) is 2.39. The van der Waals surface area contributed by atoms with E-state index in [1.807, 2.05) is 18.2 Å². The highest BCUT2D eigenvalue weighted by Crippen LogP contribution is 2.22. The van der Waals surface area contributed by atoms with Gasteiger partial charge in [-0.25, -0.2) is 0 Å². The van der Waals surface area contributed by atoms with E-state index in [4.69, 9.17) is 4.74 Å². The van der Waals surface area contributed by atoms with Crippen molar-refractivity contribution >= 4 is 5.91 Å². The van der Waals surface area contributed by atoms with E-state index in [2.05, 4.69) is 5.32 Å². The highest BCUT2D eigenvalue weighted by atomic mass is 16.5. The Morgan fingerprint density at radius 1 is 1.37 bits per heavy atom. The number of nitrogens with zero attached hydrogens (tertiary/aromatic N) is 1. The van der Waals surface area contributed by atoms with Crippen molar-refractivity contribution in [2.45, 2.75) is 25.4 Å². The smallest absolute Gasteiger partial charge is 0.253 e. The van der Waals surface area contributed by atoms with Crippen LogP contribution in [0.15, 0.2) is 18.2 Å². The molecule has 5 heteroatoms. The van der Waals surface area contributed by atoms with Crippen molar-refractivity contribution in [3.8, 4) is 0 Å². The fourth-order valence-electron chi connectivity index (χ4n) is 2.71. The number of hydrogen-bond acceptors (Lipinski definition) is 4. The summed E-state index contributed by atoms with van der Waals surface area (Å²) in [6.07, 6.45) is -0.494. The first kappa shape index (κ1) is 12.6. The number of hydrogen-bond donors (Lipinski definition) is 2. The average molecular weight is 262 g/mol. The van der Waals surface area contributed by atoms with Gasteiger partial charge < -0.3 is 20.1 Å². The highest BCUT2D eigenvalue weighted by Gasteiger charge is 2.31. The predicted octanol–water partition coefficient (Wildman–Crippen LogP) is 0.121. The zero-order valence-electron chi connectivity index (χ0n) is 10.9. The summed E-state index contributed by atoms with van der Waals surface area (Å²) in [5.41, 5.74) is 2.90. The fraction of sp³-hybridized carbons (Fsp3) is 0.500. The lowest BCUT2D eigenvalue weighted by molar-refractivity contribution is 0.0581. The number of β-amino-alcohol motifs (C(OH)–C–C–N with tert-alkyl or cyclic N) is 1. The molecule has 0 saturated carbocycles. The number of amides is 1. The van der Waals surface area contributed by atoms with Crippen LogP contribution < -0.4 is 5.32 Å². The van der Waals surface area contributed by atoms with Crippen LogP contribution in [-0.2, 0) is 18.0 Å². The molecule has 0 unspecified atom stereocenters. The predicted molar refractivity (Wildman–Crippen MR) is 69.7 cm³/mol. The maximum Gasteiger partial charge on any atom is 0.253 e. The maximum absolute atomic E-state index is 12.4. The summed E-state index contributed by atoms with van der Waals surface area (Å²) in [5.74, 6) is -0.0533. The minimum atomic E-state index is -0.494. The SMILES string of the molecule is CN(C(=O)c1ccc2c(c1)COC2)[C@H]1CNC[C@@H]1O. The lowest BCUT2D eigenvalue weighted by atomic mass is 10.0. The number of likely N-dealkylation sites (N-methyl/N-ethyl adjacent to an activating group) is 1. The van der Waals surface area contributed by atoms with Crippen molar-refractivity contribution in [2.24, 2.45) is 0 Å². The van der Waals surface area contributed by atoms with Gasteiger partial charge in [0.1, 0.15) is 0 Å². The first-order valence-electron chi connectivity index (χ1n) is 6.52. The molecular formula is C14H18N2O3. The number of carbonyl (C=O) groups excluding carboxylic acids is 1. The van der Waals surface area contributed by atoms with Gasteiger partial charge in [-0.05, 0) is 23.3 Å². The van der Waals surface area contributed by atoms with E-state index in [-0.39, 0.29) is 11.9 Å². The number of carbonyl (C=O) groups is 1. The van der Waals surface area contributed by atoms with Crippen LogP contribution in [-0.4, -0.2) is 48.2 Å². The molecule has 1 aromatic carbocycles. The number of aliphatic hydroxyl groups excluding tert-OH is 1. The van der Waals surface area contributed by atoms with E-state index < -0.39 is 6.10 Å². The van der Waals surface area contributed by atoms with Gasteiger partial charge in [0.05, 0.1) is 25.4 Å². The second-order valence-electron chi connectivity index (χ2n) is 5.19. The van der Waals surface area contributed by atoms with Gasteiger partial charge in [0.25, 0.3) is 5.91 Å². The number of ether oxygens (including phenoxy) is 1. The Morgan fingerprint density at radius 3 is 2.89 bits per heavy atom. The van der Waals surface area contributed by atoms with Crippen molar-refractivity contribution in [1.82, 2.24) is 10.2 Å². The zero-order chi connectivity index (χ0) is 13.4. The third-order valence-corrected chi connectivity index (χ3v) is 3.94. The Hall–Kier alpha value is -1.43. The molecule has 0 aromatic heterocycles. The molecule has 2 heterocycles. The Balaban J connectivity index is 1.79.